The molecule has 1 saturated heterocycles. The molecule has 0 N–H and O–H groups in total. The quantitative estimate of drug-likeness (QED) is 0.726. The van der Waals surface area contributed by atoms with E-state index >= 15 is 0 Å². The number of likely N-dealkylation sites (N-methyl/N-ethyl adjacent to an activating group) is 1. The molecule has 0 bridgehead atoms. The molecule has 4 heteroatoms. The topological polar surface area (TPSA) is 23.6 Å². The smallest absolute Gasteiger partial charge is 0.236 e. The molecule has 0 aromatic rings. The Hall–Kier alpha value is -0.0900. The zero-order valence-corrected chi connectivity index (χ0v) is 12.5. The molecule has 3 nitrogen and oxygen atoms in total. The summed E-state index contributed by atoms with van der Waals surface area (Å²) in [6.07, 6.45) is 0. The van der Waals surface area contributed by atoms with Crippen LogP contribution in [0.4, 0.5) is 0 Å². The summed E-state index contributed by atoms with van der Waals surface area (Å²) in [4.78, 5) is 16.4. The van der Waals surface area contributed by atoms with Crippen molar-refractivity contribution in [1.82, 2.24) is 9.80 Å². The summed E-state index contributed by atoms with van der Waals surface area (Å²) in [5.74, 6) is 0.575. The van der Waals surface area contributed by atoms with Gasteiger partial charge >= 0.3 is 0 Å². The van der Waals surface area contributed by atoms with Gasteiger partial charge in [-0.15, -0.1) is 0 Å². The third-order valence-electron chi connectivity index (χ3n) is 3.45. The summed E-state index contributed by atoms with van der Waals surface area (Å²) in [5, 5.41) is 0. The zero-order valence-electron chi connectivity index (χ0n) is 11.0. The normalized spacial score (nSPS) is 23.6. The Balaban J connectivity index is 2.66. The summed E-state index contributed by atoms with van der Waals surface area (Å²) < 4.78 is 0. The van der Waals surface area contributed by atoms with E-state index in [1.807, 2.05) is 4.90 Å². The first-order valence-electron chi connectivity index (χ1n) is 5.90. The molecule has 0 saturated carbocycles. The van der Waals surface area contributed by atoms with Gasteiger partial charge in [0.25, 0.3) is 0 Å². The second-order valence-electron chi connectivity index (χ2n) is 5.64. The van der Waals surface area contributed by atoms with Crippen LogP contribution in [0.15, 0.2) is 0 Å². The summed E-state index contributed by atoms with van der Waals surface area (Å²) in [5.41, 5.74) is 0.0810. The van der Waals surface area contributed by atoms with Gasteiger partial charge < -0.3 is 4.90 Å². The molecule has 0 aromatic carbocycles. The third-order valence-corrected chi connectivity index (χ3v) is 4.90. The standard InChI is InChI=1S/C12H23BrN2O/c1-9(2)10(13)11(16)15-7-6-14(5)12(3,4)8-15/h9-10H,6-8H2,1-5H3. The van der Waals surface area contributed by atoms with Crippen molar-refractivity contribution in [2.45, 2.75) is 38.1 Å². The van der Waals surface area contributed by atoms with Gasteiger partial charge in [-0.05, 0) is 26.8 Å². The maximum Gasteiger partial charge on any atom is 0.236 e. The second-order valence-corrected chi connectivity index (χ2v) is 6.63. The Kier molecular flexibility index (Phi) is 4.41. The van der Waals surface area contributed by atoms with E-state index in [0.717, 1.165) is 19.6 Å². The van der Waals surface area contributed by atoms with Crippen LogP contribution in [0.1, 0.15) is 27.7 Å². The fourth-order valence-corrected chi connectivity index (χ4v) is 2.18. The highest BCUT2D eigenvalue weighted by atomic mass is 79.9. The highest BCUT2D eigenvalue weighted by Gasteiger charge is 2.35. The first-order chi connectivity index (χ1) is 7.25. The van der Waals surface area contributed by atoms with Crippen LogP contribution >= 0.6 is 15.9 Å². The molecule has 0 spiro atoms. The molecular weight excluding hydrogens is 268 g/mol. The fraction of sp³-hybridized carbons (Fsp3) is 0.917. The van der Waals surface area contributed by atoms with Gasteiger partial charge in [0.1, 0.15) is 0 Å². The number of hydrogen-bond donors (Lipinski definition) is 0. The van der Waals surface area contributed by atoms with Crippen LogP contribution < -0.4 is 0 Å². The summed E-state index contributed by atoms with van der Waals surface area (Å²) >= 11 is 3.49. The Bertz CT molecular complexity index is 266. The summed E-state index contributed by atoms with van der Waals surface area (Å²) in [6.45, 7) is 11.1. The Morgan fingerprint density at radius 3 is 2.31 bits per heavy atom. The third kappa shape index (κ3) is 2.98. The Morgan fingerprint density at radius 1 is 1.31 bits per heavy atom. The van der Waals surface area contributed by atoms with E-state index in [1.165, 1.54) is 0 Å². The van der Waals surface area contributed by atoms with Crippen LogP contribution in [0.2, 0.25) is 0 Å². The lowest BCUT2D eigenvalue weighted by Gasteiger charge is -2.46. The van der Waals surface area contributed by atoms with E-state index in [1.54, 1.807) is 0 Å². The molecule has 0 radical (unpaired) electrons. The van der Waals surface area contributed by atoms with Gasteiger partial charge in [0.15, 0.2) is 0 Å². The average Bonchev–Trinajstić information content (AvgIpc) is 2.19. The number of amides is 1. The van der Waals surface area contributed by atoms with Crippen LogP contribution in [-0.2, 0) is 4.79 Å². The number of alkyl halides is 1. The van der Waals surface area contributed by atoms with Gasteiger partial charge in [0.2, 0.25) is 5.91 Å². The minimum atomic E-state index is -0.0493. The van der Waals surface area contributed by atoms with Crippen molar-refractivity contribution in [2.75, 3.05) is 26.7 Å². The molecule has 1 fully saturated rings. The van der Waals surface area contributed by atoms with E-state index in [9.17, 15) is 4.79 Å². The molecule has 1 aliphatic rings. The number of carbonyl (C=O) groups is 1. The van der Waals surface area contributed by atoms with Crippen molar-refractivity contribution >= 4 is 21.8 Å². The van der Waals surface area contributed by atoms with Gasteiger partial charge in [-0.25, -0.2) is 0 Å². The van der Waals surface area contributed by atoms with Crippen molar-refractivity contribution in [3.63, 3.8) is 0 Å². The molecule has 0 aliphatic carbocycles. The van der Waals surface area contributed by atoms with Crippen LogP contribution in [0, 0.1) is 5.92 Å². The lowest BCUT2D eigenvalue weighted by atomic mass is 9.99. The van der Waals surface area contributed by atoms with Crippen molar-refractivity contribution in [2.24, 2.45) is 5.92 Å². The first kappa shape index (κ1) is 14.0. The first-order valence-corrected chi connectivity index (χ1v) is 6.81. The van der Waals surface area contributed by atoms with Gasteiger partial charge in [0.05, 0.1) is 4.83 Å². The zero-order chi connectivity index (χ0) is 12.5. The maximum atomic E-state index is 12.2. The monoisotopic (exact) mass is 290 g/mol. The molecule has 1 aliphatic heterocycles. The minimum absolute atomic E-state index is 0.0493. The number of halogens is 1. The Labute approximate surface area is 107 Å². The van der Waals surface area contributed by atoms with Gasteiger partial charge in [-0.3, -0.25) is 9.69 Å². The van der Waals surface area contributed by atoms with E-state index in [-0.39, 0.29) is 16.3 Å². The molecule has 1 heterocycles. The molecule has 1 amide bonds. The van der Waals surface area contributed by atoms with Crippen molar-refractivity contribution in [1.29, 1.82) is 0 Å². The molecular formula is C12H23BrN2O. The SMILES string of the molecule is CC(C)C(Br)C(=O)N1CCN(C)C(C)(C)C1. The number of carbonyl (C=O) groups excluding carboxylic acids is 1. The Morgan fingerprint density at radius 2 is 1.88 bits per heavy atom. The molecule has 1 atom stereocenters. The lowest BCUT2D eigenvalue weighted by molar-refractivity contribution is -0.135. The fourth-order valence-electron chi connectivity index (χ4n) is 1.89. The van der Waals surface area contributed by atoms with Crippen LogP contribution in [0.5, 0.6) is 0 Å². The van der Waals surface area contributed by atoms with Gasteiger partial charge in [0, 0.05) is 25.2 Å². The van der Waals surface area contributed by atoms with Crippen LogP contribution in [-0.4, -0.2) is 52.8 Å². The van der Waals surface area contributed by atoms with E-state index < -0.39 is 0 Å². The number of piperazine rings is 1. The highest BCUT2D eigenvalue weighted by molar-refractivity contribution is 9.10. The highest BCUT2D eigenvalue weighted by Crippen LogP contribution is 2.22. The van der Waals surface area contributed by atoms with E-state index in [4.69, 9.17) is 0 Å². The predicted octanol–water partition coefficient (Wildman–Crippen LogP) is 1.96. The lowest BCUT2D eigenvalue weighted by Crippen LogP contribution is -2.60. The maximum absolute atomic E-state index is 12.2. The molecule has 1 rings (SSSR count). The number of nitrogens with zero attached hydrogens (tertiary/aromatic N) is 2. The van der Waals surface area contributed by atoms with Crippen LogP contribution in [0.3, 0.4) is 0 Å². The predicted molar refractivity (Wildman–Crippen MR) is 70.8 cm³/mol. The average molecular weight is 291 g/mol. The van der Waals surface area contributed by atoms with E-state index in [2.05, 4.69) is 55.6 Å². The van der Waals surface area contributed by atoms with Crippen molar-refractivity contribution in [3.8, 4) is 0 Å². The van der Waals surface area contributed by atoms with Crippen molar-refractivity contribution < 1.29 is 4.79 Å². The molecule has 1 unspecified atom stereocenters. The van der Waals surface area contributed by atoms with E-state index in [0.29, 0.717) is 5.92 Å². The summed E-state index contributed by atoms with van der Waals surface area (Å²) in [6, 6.07) is 0. The summed E-state index contributed by atoms with van der Waals surface area (Å²) in [7, 11) is 2.12. The van der Waals surface area contributed by atoms with Crippen molar-refractivity contribution in [3.05, 3.63) is 0 Å². The molecule has 0 aromatic heterocycles. The molecule has 16 heavy (non-hydrogen) atoms. The largest absolute Gasteiger partial charge is 0.339 e. The van der Waals surface area contributed by atoms with Gasteiger partial charge in [-0.2, -0.15) is 0 Å². The number of hydrogen-bond acceptors (Lipinski definition) is 2. The number of rotatable bonds is 2. The van der Waals surface area contributed by atoms with Crippen LogP contribution in [0.25, 0.3) is 0 Å². The molecule has 94 valence electrons. The minimum Gasteiger partial charge on any atom is -0.339 e. The second kappa shape index (κ2) is 5.05. The van der Waals surface area contributed by atoms with Gasteiger partial charge in [-0.1, -0.05) is 29.8 Å².